The van der Waals surface area contributed by atoms with Gasteiger partial charge in [-0.05, 0) is 44.4 Å². The van der Waals surface area contributed by atoms with Crippen molar-refractivity contribution < 1.29 is 4.79 Å². The predicted molar refractivity (Wildman–Crippen MR) is 87.9 cm³/mol. The fraction of sp³-hybridized carbons (Fsp3) is 0.529. The molecule has 118 valence electrons. The molecule has 5 heteroatoms. The average Bonchev–Trinajstić information content (AvgIpc) is 2.97. The average molecular weight is 300 g/mol. The Labute approximate surface area is 130 Å². The maximum Gasteiger partial charge on any atom is 0.250 e. The van der Waals surface area contributed by atoms with Gasteiger partial charge < -0.3 is 16.0 Å². The van der Waals surface area contributed by atoms with Gasteiger partial charge in [-0.1, -0.05) is 19.4 Å². The number of hydrogen-bond donors (Lipinski definition) is 3. The molecule has 2 unspecified atom stereocenters. The van der Waals surface area contributed by atoms with Crippen LogP contribution in [0.25, 0.3) is 11.0 Å². The third-order valence-corrected chi connectivity index (χ3v) is 4.54. The SMILES string of the molecule is CCCNC1CCCC(c2nc3c(C(N)=O)cccc3[nH]2)C1. The number of amides is 1. The summed E-state index contributed by atoms with van der Waals surface area (Å²) < 4.78 is 0. The molecular weight excluding hydrogens is 276 g/mol. The van der Waals surface area contributed by atoms with Gasteiger partial charge in [-0.15, -0.1) is 0 Å². The Morgan fingerprint density at radius 3 is 3.09 bits per heavy atom. The van der Waals surface area contributed by atoms with E-state index in [1.54, 1.807) is 6.07 Å². The normalized spacial score (nSPS) is 22.0. The second-order valence-electron chi connectivity index (χ2n) is 6.20. The fourth-order valence-electron chi connectivity index (χ4n) is 3.42. The number of nitrogens with two attached hydrogens (primary N) is 1. The lowest BCUT2D eigenvalue weighted by atomic mass is 9.85. The largest absolute Gasteiger partial charge is 0.366 e. The molecule has 2 atom stereocenters. The van der Waals surface area contributed by atoms with Crippen molar-refractivity contribution in [3.8, 4) is 0 Å². The summed E-state index contributed by atoms with van der Waals surface area (Å²) >= 11 is 0. The number of nitrogens with zero attached hydrogens (tertiary/aromatic N) is 1. The van der Waals surface area contributed by atoms with Crippen LogP contribution in [-0.4, -0.2) is 28.5 Å². The maximum absolute atomic E-state index is 11.5. The molecule has 5 nitrogen and oxygen atoms in total. The van der Waals surface area contributed by atoms with Gasteiger partial charge in [0.2, 0.25) is 0 Å². The number of benzene rings is 1. The quantitative estimate of drug-likeness (QED) is 0.793. The number of carbonyl (C=O) groups excluding carboxylic acids is 1. The minimum atomic E-state index is -0.421. The molecule has 1 aliphatic carbocycles. The van der Waals surface area contributed by atoms with E-state index >= 15 is 0 Å². The van der Waals surface area contributed by atoms with Crippen LogP contribution in [0.2, 0.25) is 0 Å². The Hall–Kier alpha value is -1.88. The minimum absolute atomic E-state index is 0.421. The number of aromatic amines is 1. The van der Waals surface area contributed by atoms with Gasteiger partial charge in [0.25, 0.3) is 5.91 Å². The Morgan fingerprint density at radius 2 is 2.32 bits per heavy atom. The van der Waals surface area contributed by atoms with E-state index in [4.69, 9.17) is 5.73 Å². The minimum Gasteiger partial charge on any atom is -0.366 e. The van der Waals surface area contributed by atoms with E-state index in [1.165, 1.54) is 12.8 Å². The molecule has 0 saturated heterocycles. The standard InChI is InChI=1S/C17H24N4O/c1-2-9-19-12-6-3-5-11(10-12)17-20-14-8-4-7-13(16(18)22)15(14)21-17/h4,7-8,11-12,19H,2-3,5-6,9-10H2,1H3,(H2,18,22)(H,20,21). The highest BCUT2D eigenvalue weighted by Gasteiger charge is 2.25. The van der Waals surface area contributed by atoms with E-state index in [2.05, 4.69) is 22.2 Å². The highest BCUT2D eigenvalue weighted by molar-refractivity contribution is 6.04. The zero-order valence-electron chi connectivity index (χ0n) is 13.1. The Bertz CT molecular complexity index is 664. The molecule has 1 saturated carbocycles. The molecule has 1 heterocycles. The number of nitrogens with one attached hydrogen (secondary N) is 2. The third-order valence-electron chi connectivity index (χ3n) is 4.54. The Kier molecular flexibility index (Phi) is 4.43. The van der Waals surface area contributed by atoms with Crippen LogP contribution in [0.15, 0.2) is 18.2 Å². The van der Waals surface area contributed by atoms with Crippen molar-refractivity contribution in [2.24, 2.45) is 5.73 Å². The van der Waals surface area contributed by atoms with Crippen LogP contribution in [0, 0.1) is 0 Å². The van der Waals surface area contributed by atoms with Crippen LogP contribution in [0.1, 0.15) is 61.1 Å². The first-order valence-electron chi connectivity index (χ1n) is 8.21. The monoisotopic (exact) mass is 300 g/mol. The fourth-order valence-corrected chi connectivity index (χ4v) is 3.42. The molecule has 1 aliphatic rings. The topological polar surface area (TPSA) is 83.8 Å². The molecule has 22 heavy (non-hydrogen) atoms. The number of H-pyrrole nitrogens is 1. The number of primary amides is 1. The van der Waals surface area contributed by atoms with Crippen LogP contribution >= 0.6 is 0 Å². The summed E-state index contributed by atoms with van der Waals surface area (Å²) in [5.41, 5.74) is 7.54. The van der Waals surface area contributed by atoms with Crippen molar-refractivity contribution in [1.82, 2.24) is 15.3 Å². The first-order chi connectivity index (χ1) is 10.7. The zero-order chi connectivity index (χ0) is 15.5. The van der Waals surface area contributed by atoms with Gasteiger partial charge in [-0.2, -0.15) is 0 Å². The van der Waals surface area contributed by atoms with Gasteiger partial charge in [0.15, 0.2) is 0 Å². The van der Waals surface area contributed by atoms with Gasteiger partial charge in [0.05, 0.1) is 11.1 Å². The molecule has 1 amide bonds. The van der Waals surface area contributed by atoms with Crippen molar-refractivity contribution in [2.45, 2.75) is 51.0 Å². The van der Waals surface area contributed by atoms with E-state index in [0.717, 1.165) is 37.1 Å². The molecule has 1 aromatic heterocycles. The predicted octanol–water partition coefficient (Wildman–Crippen LogP) is 2.69. The lowest BCUT2D eigenvalue weighted by Gasteiger charge is -2.28. The van der Waals surface area contributed by atoms with Crippen molar-refractivity contribution in [3.05, 3.63) is 29.6 Å². The van der Waals surface area contributed by atoms with Gasteiger partial charge in [0.1, 0.15) is 11.3 Å². The van der Waals surface area contributed by atoms with Crippen molar-refractivity contribution >= 4 is 16.9 Å². The maximum atomic E-state index is 11.5. The molecule has 0 bridgehead atoms. The van der Waals surface area contributed by atoms with Crippen LogP contribution < -0.4 is 11.1 Å². The first-order valence-corrected chi connectivity index (χ1v) is 8.21. The summed E-state index contributed by atoms with van der Waals surface area (Å²) in [6.07, 6.45) is 5.87. The Balaban J connectivity index is 1.84. The van der Waals surface area contributed by atoms with Gasteiger partial charge >= 0.3 is 0 Å². The number of para-hydroxylation sites is 1. The number of hydrogen-bond acceptors (Lipinski definition) is 3. The second kappa shape index (κ2) is 6.48. The number of carbonyl (C=O) groups is 1. The molecule has 0 spiro atoms. The first kappa shape index (κ1) is 15.0. The van der Waals surface area contributed by atoms with Gasteiger partial charge in [0, 0.05) is 12.0 Å². The third kappa shape index (κ3) is 2.99. The highest BCUT2D eigenvalue weighted by Crippen LogP contribution is 2.32. The van der Waals surface area contributed by atoms with E-state index in [1.807, 2.05) is 12.1 Å². The number of rotatable bonds is 5. The molecule has 4 N–H and O–H groups in total. The number of aromatic nitrogens is 2. The van der Waals surface area contributed by atoms with E-state index in [-0.39, 0.29) is 0 Å². The van der Waals surface area contributed by atoms with Crippen molar-refractivity contribution in [2.75, 3.05) is 6.54 Å². The van der Waals surface area contributed by atoms with Crippen LogP contribution in [0.3, 0.4) is 0 Å². The zero-order valence-corrected chi connectivity index (χ0v) is 13.1. The summed E-state index contributed by atoms with van der Waals surface area (Å²) in [5.74, 6) is 0.998. The van der Waals surface area contributed by atoms with Crippen LogP contribution in [0.5, 0.6) is 0 Å². The summed E-state index contributed by atoms with van der Waals surface area (Å²) in [4.78, 5) is 19.6. The van der Waals surface area contributed by atoms with E-state index < -0.39 is 5.91 Å². The van der Waals surface area contributed by atoms with E-state index in [0.29, 0.717) is 23.0 Å². The second-order valence-corrected chi connectivity index (χ2v) is 6.20. The lowest BCUT2D eigenvalue weighted by Crippen LogP contribution is -2.34. The molecule has 0 aliphatic heterocycles. The van der Waals surface area contributed by atoms with Crippen molar-refractivity contribution in [1.29, 1.82) is 0 Å². The lowest BCUT2D eigenvalue weighted by molar-refractivity contribution is 0.100. The molecule has 1 aromatic carbocycles. The molecule has 2 aromatic rings. The van der Waals surface area contributed by atoms with Crippen LogP contribution in [0.4, 0.5) is 0 Å². The summed E-state index contributed by atoms with van der Waals surface area (Å²) in [6, 6.07) is 6.11. The smallest absolute Gasteiger partial charge is 0.250 e. The number of imidazole rings is 1. The van der Waals surface area contributed by atoms with E-state index in [9.17, 15) is 4.79 Å². The molecule has 1 fully saturated rings. The van der Waals surface area contributed by atoms with Gasteiger partial charge in [-0.25, -0.2) is 4.98 Å². The summed E-state index contributed by atoms with van der Waals surface area (Å²) in [5, 5.41) is 3.62. The molecular formula is C17H24N4O. The Morgan fingerprint density at radius 1 is 1.45 bits per heavy atom. The summed E-state index contributed by atoms with van der Waals surface area (Å²) in [7, 11) is 0. The number of fused-ring (bicyclic) bond motifs is 1. The van der Waals surface area contributed by atoms with Crippen LogP contribution in [-0.2, 0) is 0 Å². The molecule has 3 rings (SSSR count). The highest BCUT2D eigenvalue weighted by atomic mass is 16.1. The van der Waals surface area contributed by atoms with Gasteiger partial charge in [-0.3, -0.25) is 4.79 Å². The van der Waals surface area contributed by atoms with Crippen molar-refractivity contribution in [3.63, 3.8) is 0 Å². The molecule has 0 radical (unpaired) electrons. The summed E-state index contributed by atoms with van der Waals surface area (Å²) in [6.45, 7) is 3.27.